The predicted octanol–water partition coefficient (Wildman–Crippen LogP) is 2.39. The highest BCUT2D eigenvalue weighted by Gasteiger charge is 2.28. The minimum absolute atomic E-state index is 0.450. The van der Waals surface area contributed by atoms with Crippen molar-refractivity contribution >= 4 is 11.6 Å². The zero-order chi connectivity index (χ0) is 11.8. The Hall–Kier alpha value is -1.39. The van der Waals surface area contributed by atoms with Gasteiger partial charge in [0, 0.05) is 17.1 Å². The molecule has 0 amide bonds. The first-order chi connectivity index (χ1) is 8.29. The van der Waals surface area contributed by atoms with Crippen LogP contribution in [-0.4, -0.2) is 15.0 Å². The van der Waals surface area contributed by atoms with E-state index in [0.29, 0.717) is 17.6 Å². The van der Waals surface area contributed by atoms with E-state index in [1.54, 1.807) is 0 Å². The van der Waals surface area contributed by atoms with Gasteiger partial charge < -0.3 is 5.73 Å². The van der Waals surface area contributed by atoms with E-state index in [1.807, 2.05) is 28.9 Å². The van der Waals surface area contributed by atoms with Crippen LogP contribution in [-0.2, 0) is 6.54 Å². The molecule has 2 aromatic rings. The lowest BCUT2D eigenvalue weighted by Gasteiger charge is -2.04. The largest absolute Gasteiger partial charge is 0.325 e. The quantitative estimate of drug-likeness (QED) is 0.908. The fourth-order valence-corrected chi connectivity index (χ4v) is 2.17. The van der Waals surface area contributed by atoms with Crippen LogP contribution in [0.15, 0.2) is 24.3 Å². The van der Waals surface area contributed by atoms with Crippen molar-refractivity contribution in [1.29, 1.82) is 0 Å². The molecule has 1 saturated carbocycles. The molecular formula is C12H13ClN4. The van der Waals surface area contributed by atoms with Crippen molar-refractivity contribution in [3.8, 4) is 11.3 Å². The summed E-state index contributed by atoms with van der Waals surface area (Å²) >= 11 is 5.99. The van der Waals surface area contributed by atoms with Gasteiger partial charge in [0.1, 0.15) is 5.69 Å². The minimum Gasteiger partial charge on any atom is -0.325 e. The molecule has 0 bridgehead atoms. The highest BCUT2D eigenvalue weighted by Crippen LogP contribution is 2.37. The number of halogens is 1. The SMILES string of the molecule is NCc1c(-c2cccc(Cl)c2)nnn1C1CC1. The third kappa shape index (κ3) is 1.94. The Bertz CT molecular complexity index is 545. The van der Waals surface area contributed by atoms with Crippen molar-refractivity contribution in [2.24, 2.45) is 5.73 Å². The summed E-state index contributed by atoms with van der Waals surface area (Å²) in [6.07, 6.45) is 2.34. The second-order valence-electron chi connectivity index (χ2n) is 4.27. The third-order valence-electron chi connectivity index (χ3n) is 2.98. The van der Waals surface area contributed by atoms with Crippen molar-refractivity contribution in [3.63, 3.8) is 0 Å². The molecule has 1 aliphatic rings. The van der Waals surface area contributed by atoms with Crippen LogP contribution >= 0.6 is 11.6 Å². The Kier molecular flexibility index (Phi) is 2.61. The Morgan fingerprint density at radius 2 is 2.24 bits per heavy atom. The van der Waals surface area contributed by atoms with E-state index in [4.69, 9.17) is 17.3 Å². The monoisotopic (exact) mass is 248 g/mol. The summed E-state index contributed by atoms with van der Waals surface area (Å²) in [6, 6.07) is 8.12. The van der Waals surface area contributed by atoms with Crippen molar-refractivity contribution in [3.05, 3.63) is 35.0 Å². The molecule has 0 atom stereocenters. The van der Waals surface area contributed by atoms with Crippen LogP contribution in [0, 0.1) is 0 Å². The van der Waals surface area contributed by atoms with Gasteiger partial charge in [-0.15, -0.1) is 5.10 Å². The second-order valence-corrected chi connectivity index (χ2v) is 4.71. The van der Waals surface area contributed by atoms with Crippen LogP contribution in [0.1, 0.15) is 24.6 Å². The number of aromatic nitrogens is 3. The number of rotatable bonds is 3. The van der Waals surface area contributed by atoms with E-state index in [9.17, 15) is 0 Å². The molecule has 3 rings (SSSR count). The van der Waals surface area contributed by atoms with Crippen LogP contribution in [0.25, 0.3) is 11.3 Å². The summed E-state index contributed by atoms with van der Waals surface area (Å²) in [6.45, 7) is 0.450. The summed E-state index contributed by atoms with van der Waals surface area (Å²) < 4.78 is 1.95. The molecule has 4 nitrogen and oxygen atoms in total. The number of nitrogens with zero attached hydrogens (tertiary/aromatic N) is 3. The van der Waals surface area contributed by atoms with E-state index < -0.39 is 0 Å². The first-order valence-electron chi connectivity index (χ1n) is 5.69. The van der Waals surface area contributed by atoms with E-state index in [2.05, 4.69) is 10.3 Å². The molecule has 0 unspecified atom stereocenters. The first kappa shape index (κ1) is 10.7. The van der Waals surface area contributed by atoms with E-state index in [1.165, 1.54) is 12.8 Å². The van der Waals surface area contributed by atoms with Gasteiger partial charge in [-0.25, -0.2) is 4.68 Å². The van der Waals surface area contributed by atoms with Gasteiger partial charge in [-0.1, -0.05) is 28.9 Å². The minimum atomic E-state index is 0.450. The van der Waals surface area contributed by atoms with Gasteiger partial charge in [0.2, 0.25) is 0 Å². The molecule has 1 aromatic carbocycles. The molecule has 0 aliphatic heterocycles. The summed E-state index contributed by atoms with van der Waals surface area (Å²) in [5.41, 5.74) is 8.62. The van der Waals surface area contributed by atoms with Gasteiger partial charge in [0.25, 0.3) is 0 Å². The molecule has 88 valence electrons. The number of nitrogens with two attached hydrogens (primary N) is 1. The van der Waals surface area contributed by atoms with Gasteiger partial charge in [0.15, 0.2) is 0 Å². The highest BCUT2D eigenvalue weighted by molar-refractivity contribution is 6.30. The highest BCUT2D eigenvalue weighted by atomic mass is 35.5. The average molecular weight is 249 g/mol. The van der Waals surface area contributed by atoms with Crippen LogP contribution in [0.3, 0.4) is 0 Å². The number of hydrogen-bond donors (Lipinski definition) is 1. The molecule has 0 radical (unpaired) electrons. The molecule has 1 heterocycles. The maximum Gasteiger partial charge on any atom is 0.117 e. The predicted molar refractivity (Wildman–Crippen MR) is 66.6 cm³/mol. The standard InChI is InChI=1S/C12H13ClN4/c13-9-3-1-2-8(6-9)12-11(7-14)17(16-15-12)10-4-5-10/h1-3,6,10H,4-5,7,14H2. The van der Waals surface area contributed by atoms with Crippen molar-refractivity contribution in [2.75, 3.05) is 0 Å². The lowest BCUT2D eigenvalue weighted by molar-refractivity contribution is 0.583. The van der Waals surface area contributed by atoms with Crippen LogP contribution in [0.5, 0.6) is 0 Å². The Morgan fingerprint density at radius 3 is 2.88 bits per heavy atom. The van der Waals surface area contributed by atoms with E-state index in [-0.39, 0.29) is 0 Å². The lowest BCUT2D eigenvalue weighted by Crippen LogP contribution is -2.08. The van der Waals surface area contributed by atoms with Gasteiger partial charge in [-0.2, -0.15) is 0 Å². The van der Waals surface area contributed by atoms with Gasteiger partial charge in [0.05, 0.1) is 11.7 Å². The lowest BCUT2D eigenvalue weighted by atomic mass is 10.1. The normalized spacial score (nSPS) is 15.2. The summed E-state index contributed by atoms with van der Waals surface area (Å²) in [7, 11) is 0. The molecule has 0 spiro atoms. The van der Waals surface area contributed by atoms with Crippen LogP contribution in [0.4, 0.5) is 0 Å². The average Bonchev–Trinajstić information content (AvgIpc) is 3.08. The van der Waals surface area contributed by atoms with Gasteiger partial charge in [-0.05, 0) is 25.0 Å². The zero-order valence-corrected chi connectivity index (χ0v) is 10.1. The third-order valence-corrected chi connectivity index (χ3v) is 3.21. The maximum atomic E-state index is 5.99. The molecule has 5 heteroatoms. The first-order valence-corrected chi connectivity index (χ1v) is 6.07. The van der Waals surface area contributed by atoms with Gasteiger partial charge in [-0.3, -0.25) is 0 Å². The smallest absolute Gasteiger partial charge is 0.117 e. The topological polar surface area (TPSA) is 56.7 Å². The number of benzene rings is 1. The molecule has 2 N–H and O–H groups in total. The summed E-state index contributed by atoms with van der Waals surface area (Å²) in [5, 5.41) is 9.13. The van der Waals surface area contributed by atoms with E-state index >= 15 is 0 Å². The van der Waals surface area contributed by atoms with Crippen LogP contribution < -0.4 is 5.73 Å². The molecular weight excluding hydrogens is 236 g/mol. The Morgan fingerprint density at radius 1 is 1.41 bits per heavy atom. The Balaban J connectivity index is 2.08. The molecule has 1 fully saturated rings. The fraction of sp³-hybridized carbons (Fsp3) is 0.333. The molecule has 0 saturated heterocycles. The second kappa shape index (κ2) is 4.13. The Labute approximate surface area is 104 Å². The molecule has 1 aliphatic carbocycles. The maximum absolute atomic E-state index is 5.99. The number of hydrogen-bond acceptors (Lipinski definition) is 3. The molecule has 1 aromatic heterocycles. The zero-order valence-electron chi connectivity index (χ0n) is 9.31. The summed E-state index contributed by atoms with van der Waals surface area (Å²) in [4.78, 5) is 0. The molecule has 17 heavy (non-hydrogen) atoms. The fourth-order valence-electron chi connectivity index (χ4n) is 1.98. The van der Waals surface area contributed by atoms with E-state index in [0.717, 1.165) is 17.0 Å². The summed E-state index contributed by atoms with van der Waals surface area (Å²) in [5.74, 6) is 0. The van der Waals surface area contributed by atoms with Crippen molar-refractivity contribution < 1.29 is 0 Å². The van der Waals surface area contributed by atoms with Crippen molar-refractivity contribution in [1.82, 2.24) is 15.0 Å². The van der Waals surface area contributed by atoms with Crippen LogP contribution in [0.2, 0.25) is 5.02 Å². The van der Waals surface area contributed by atoms with Gasteiger partial charge >= 0.3 is 0 Å². The van der Waals surface area contributed by atoms with Crippen molar-refractivity contribution in [2.45, 2.75) is 25.4 Å².